The third-order valence-electron chi connectivity index (χ3n) is 11.5. The number of amides is 10. The van der Waals surface area contributed by atoms with Crippen molar-refractivity contribution in [2.45, 2.75) is 180 Å². The van der Waals surface area contributed by atoms with E-state index in [9.17, 15) is 73.2 Å². The van der Waals surface area contributed by atoms with Gasteiger partial charge in [0.05, 0.1) is 24.9 Å². The van der Waals surface area contributed by atoms with E-state index in [1.165, 1.54) is 13.8 Å². The maximum Gasteiger partial charge on any atom is 0.325 e. The van der Waals surface area contributed by atoms with Crippen molar-refractivity contribution < 1.29 is 73.2 Å². The van der Waals surface area contributed by atoms with Crippen LogP contribution in [-0.2, 0) is 52.7 Å². The van der Waals surface area contributed by atoms with Crippen molar-refractivity contribution in [1.82, 2.24) is 53.2 Å². The van der Waals surface area contributed by atoms with Crippen molar-refractivity contribution in [3.05, 3.63) is 0 Å². The Morgan fingerprint density at radius 2 is 1.03 bits per heavy atom. The first-order valence-corrected chi connectivity index (χ1v) is 23.5. The zero-order chi connectivity index (χ0) is 53.7. The van der Waals surface area contributed by atoms with Crippen molar-refractivity contribution in [3.63, 3.8) is 0 Å². The second-order valence-electron chi connectivity index (χ2n) is 18.5. The van der Waals surface area contributed by atoms with Gasteiger partial charge in [-0.2, -0.15) is 0 Å². The predicted octanol–water partition coefficient (Wildman–Crippen LogP) is -5.01. The monoisotopic (exact) mass is 1000 g/mol. The first-order chi connectivity index (χ1) is 32.6. The Labute approximate surface area is 407 Å². The van der Waals surface area contributed by atoms with E-state index in [0.29, 0.717) is 19.4 Å². The van der Waals surface area contributed by atoms with Crippen molar-refractivity contribution in [1.29, 1.82) is 0 Å². The number of carbonyl (C=O) groups is 11. The zero-order valence-corrected chi connectivity index (χ0v) is 41.7. The number of carboxylic acid groups (broad SMARTS) is 1. The number of nitrogens with one attached hydrogen (secondary N) is 10. The van der Waals surface area contributed by atoms with Crippen LogP contribution in [0.1, 0.15) is 108 Å². The fourth-order valence-corrected chi connectivity index (χ4v) is 6.98. The zero-order valence-electron chi connectivity index (χ0n) is 41.7. The third kappa shape index (κ3) is 20.5. The summed E-state index contributed by atoms with van der Waals surface area (Å²) < 4.78 is 0. The van der Waals surface area contributed by atoms with Gasteiger partial charge in [-0.1, -0.05) is 48.0 Å². The molecule has 1 fully saturated rings. The number of carbonyl (C=O) groups excluding carboxylic acids is 10. The number of rotatable bonds is 30. The minimum absolute atomic E-state index is 0.0334. The summed E-state index contributed by atoms with van der Waals surface area (Å²) >= 11 is 0. The molecule has 13 atom stereocenters. The molecule has 0 aromatic rings. The molecule has 26 nitrogen and oxygen atoms in total. The number of hydrogen-bond acceptors (Lipinski definition) is 15. The highest BCUT2D eigenvalue weighted by molar-refractivity contribution is 5.99. The molecule has 0 spiro atoms. The Hall–Kier alpha value is -5.99. The topological polar surface area (TPSA) is 415 Å². The van der Waals surface area contributed by atoms with Gasteiger partial charge in [0.1, 0.15) is 54.4 Å². The van der Waals surface area contributed by atoms with Gasteiger partial charge in [-0.25, -0.2) is 0 Å². The summed E-state index contributed by atoms with van der Waals surface area (Å²) in [5, 5.41) is 65.0. The molecule has 0 unspecified atom stereocenters. The average Bonchev–Trinajstić information content (AvgIpc) is 3.82. The van der Waals surface area contributed by atoms with Gasteiger partial charge in [0, 0.05) is 6.42 Å². The molecule has 0 saturated carbocycles. The minimum Gasteiger partial charge on any atom is -0.480 e. The van der Waals surface area contributed by atoms with Crippen LogP contribution in [0.5, 0.6) is 0 Å². The normalized spacial score (nSPS) is 18.6. The van der Waals surface area contributed by atoms with Crippen LogP contribution < -0.4 is 58.9 Å². The number of hydrogen-bond donors (Lipinski definition) is 15. The van der Waals surface area contributed by atoms with Crippen molar-refractivity contribution in [3.8, 4) is 0 Å². The minimum atomic E-state index is -1.89. The highest BCUT2D eigenvalue weighted by atomic mass is 16.4. The molecule has 0 radical (unpaired) electrons. The molecule has 0 bridgehead atoms. The summed E-state index contributed by atoms with van der Waals surface area (Å²) in [4.78, 5) is 143. The molecule has 0 aromatic carbocycles. The van der Waals surface area contributed by atoms with Crippen molar-refractivity contribution >= 4 is 65.0 Å². The summed E-state index contributed by atoms with van der Waals surface area (Å²) in [5.74, 6) is -11.7. The average molecular weight is 1000 g/mol. The summed E-state index contributed by atoms with van der Waals surface area (Å²) in [6.45, 7) is 14.6. The Balaban J connectivity index is 3.21. The number of aliphatic hydroxyl groups excluding tert-OH is 3. The van der Waals surface area contributed by atoms with Gasteiger partial charge in [0.15, 0.2) is 0 Å². The molecule has 1 saturated heterocycles. The van der Waals surface area contributed by atoms with E-state index in [4.69, 9.17) is 5.73 Å². The summed E-state index contributed by atoms with van der Waals surface area (Å²) in [5.41, 5.74) is 5.30. The molecule has 1 heterocycles. The lowest BCUT2D eigenvalue weighted by Crippen LogP contribution is -2.63. The number of aliphatic carboxylic acids is 1. The van der Waals surface area contributed by atoms with Crippen LogP contribution in [0.2, 0.25) is 0 Å². The van der Waals surface area contributed by atoms with Crippen LogP contribution in [0, 0.1) is 17.8 Å². The fraction of sp³-hybridized carbons (Fsp3) is 0.750. The number of nitrogens with two attached hydrogens (primary N) is 1. The number of aliphatic hydroxyl groups is 3. The van der Waals surface area contributed by atoms with Crippen LogP contribution >= 0.6 is 0 Å². The van der Waals surface area contributed by atoms with E-state index in [2.05, 4.69) is 53.2 Å². The largest absolute Gasteiger partial charge is 0.480 e. The van der Waals surface area contributed by atoms with Gasteiger partial charge in [0.25, 0.3) is 0 Å². The second kappa shape index (κ2) is 29.9. The molecule has 10 amide bonds. The molecule has 1 aliphatic heterocycles. The van der Waals surface area contributed by atoms with Crippen LogP contribution in [0.3, 0.4) is 0 Å². The lowest BCUT2D eigenvalue weighted by atomic mass is 9.97. The SMILES string of the molecule is CC[C@H](C)[C@H](NC(=O)[C@H](C)NC(=O)[C@@H](NC(=O)[C@H](CCC(N)=O)NC(=O)[C@@H](NC(=O)[C@H](CO)NC(=O)[C@@H](NC(=O)[C@H](CC(C)C)NC(=O)[C@@H]1CCCN1)C(C)C)[C@@H](C)O)[C@@H](C)O)C(=O)N[C@@H](C)C(=O)O. The van der Waals surface area contributed by atoms with Gasteiger partial charge < -0.3 is 79.3 Å². The molecular weight excluding hydrogens is 923 g/mol. The summed E-state index contributed by atoms with van der Waals surface area (Å²) in [7, 11) is 0. The molecule has 16 N–H and O–H groups in total. The molecule has 0 aromatic heterocycles. The first kappa shape index (κ1) is 62.0. The van der Waals surface area contributed by atoms with E-state index in [1.807, 2.05) is 13.8 Å². The number of primary amides is 1. The van der Waals surface area contributed by atoms with E-state index < -0.39 is 163 Å². The molecule has 398 valence electrons. The first-order valence-electron chi connectivity index (χ1n) is 23.5. The van der Waals surface area contributed by atoms with Gasteiger partial charge in [-0.3, -0.25) is 52.7 Å². The predicted molar refractivity (Wildman–Crippen MR) is 250 cm³/mol. The molecule has 1 rings (SSSR count). The Bertz CT molecular complexity index is 1840. The van der Waals surface area contributed by atoms with Crippen LogP contribution in [0.4, 0.5) is 0 Å². The smallest absolute Gasteiger partial charge is 0.325 e. The Morgan fingerprint density at radius 1 is 0.571 bits per heavy atom. The Morgan fingerprint density at radius 3 is 1.49 bits per heavy atom. The highest BCUT2D eigenvalue weighted by Gasteiger charge is 2.38. The number of carboxylic acids is 1. The molecule has 0 aliphatic carbocycles. The molecule has 70 heavy (non-hydrogen) atoms. The van der Waals surface area contributed by atoms with Crippen LogP contribution in [-0.4, -0.2) is 171 Å². The standard InChI is InChI=1S/C44H77N11O15/c1-11-21(6)32(41(66)48-23(8)44(69)70)53-35(60)22(7)47-42(67)33(24(9)57)54-37(62)27(14-15-30(45)59)49-43(68)34(25(10)58)55-39(64)29(18-56)51-40(65)31(20(4)5)52-38(63)28(17-19(2)3)50-36(61)26-13-12-16-46-26/h19-29,31-34,46,56-58H,11-18H2,1-10H3,(H2,45,59)(H,47,67)(H,48,66)(H,49,68)(H,50,61)(H,51,65)(H,52,63)(H,53,60)(H,54,62)(H,55,64)(H,69,70)/t21-,22-,23-,24+,25+,26-,27-,28-,29-,31-,32-,33-,34-/m0/s1. The van der Waals surface area contributed by atoms with Gasteiger partial charge >= 0.3 is 5.97 Å². The van der Waals surface area contributed by atoms with Crippen LogP contribution in [0.25, 0.3) is 0 Å². The lowest BCUT2D eigenvalue weighted by Gasteiger charge is -2.29. The Kier molecular flexibility index (Phi) is 26.5. The van der Waals surface area contributed by atoms with E-state index >= 15 is 0 Å². The fourth-order valence-electron chi connectivity index (χ4n) is 6.98. The van der Waals surface area contributed by atoms with E-state index in [1.54, 1.807) is 27.7 Å². The summed E-state index contributed by atoms with van der Waals surface area (Å²) in [6.07, 6.45) is -2.37. The van der Waals surface area contributed by atoms with E-state index in [0.717, 1.165) is 20.3 Å². The van der Waals surface area contributed by atoms with Crippen molar-refractivity contribution in [2.75, 3.05) is 13.2 Å². The molecule has 26 heteroatoms. The van der Waals surface area contributed by atoms with Gasteiger partial charge in [-0.05, 0) is 77.7 Å². The maximum absolute atomic E-state index is 13.7. The summed E-state index contributed by atoms with van der Waals surface area (Å²) in [6, 6.07) is -13.8. The maximum atomic E-state index is 13.7. The third-order valence-corrected chi connectivity index (χ3v) is 11.5. The highest BCUT2D eigenvalue weighted by Crippen LogP contribution is 2.13. The molecular formula is C44H77N11O15. The van der Waals surface area contributed by atoms with Crippen molar-refractivity contribution in [2.24, 2.45) is 23.5 Å². The quantitative estimate of drug-likeness (QED) is 0.0320. The second-order valence-corrected chi connectivity index (χ2v) is 18.5. The van der Waals surface area contributed by atoms with E-state index in [-0.39, 0.29) is 18.2 Å². The van der Waals surface area contributed by atoms with Crippen LogP contribution in [0.15, 0.2) is 0 Å². The lowest BCUT2D eigenvalue weighted by molar-refractivity contribution is -0.142. The van der Waals surface area contributed by atoms with Gasteiger partial charge in [-0.15, -0.1) is 0 Å². The molecule has 1 aliphatic rings. The van der Waals surface area contributed by atoms with Gasteiger partial charge in [0.2, 0.25) is 59.1 Å².